The Balaban J connectivity index is 2.54. The first-order valence-electron chi connectivity index (χ1n) is 4.94. The third kappa shape index (κ3) is 1.67. The summed E-state index contributed by atoms with van der Waals surface area (Å²) < 4.78 is 0. The molecule has 0 radical (unpaired) electrons. The number of allylic oxidation sites excluding steroid dienone is 2. The van der Waals surface area contributed by atoms with Crippen molar-refractivity contribution in [2.24, 2.45) is 10.7 Å². The predicted molar refractivity (Wildman–Crippen MR) is 64.3 cm³/mol. The molecule has 5 heteroatoms. The molecule has 0 spiro atoms. The van der Waals surface area contributed by atoms with Gasteiger partial charge in [0.05, 0.1) is 23.1 Å². The van der Waals surface area contributed by atoms with Gasteiger partial charge < -0.3 is 5.73 Å². The van der Waals surface area contributed by atoms with Crippen LogP contribution in [0.25, 0.3) is 10.9 Å². The van der Waals surface area contributed by atoms with E-state index in [1.54, 1.807) is 25.5 Å². The van der Waals surface area contributed by atoms with Gasteiger partial charge in [0, 0.05) is 18.6 Å². The van der Waals surface area contributed by atoms with Gasteiger partial charge in [0.2, 0.25) is 0 Å². The number of H-pyrrole nitrogens is 1. The molecular formula is C11H13N5. The molecule has 0 saturated carbocycles. The third-order valence-corrected chi connectivity index (χ3v) is 2.37. The zero-order valence-electron chi connectivity index (χ0n) is 9.23. The van der Waals surface area contributed by atoms with Crippen molar-refractivity contribution in [2.75, 3.05) is 7.05 Å². The van der Waals surface area contributed by atoms with Crippen LogP contribution in [0.15, 0.2) is 35.2 Å². The molecule has 0 aliphatic rings. The van der Waals surface area contributed by atoms with E-state index in [0.717, 1.165) is 16.6 Å². The zero-order chi connectivity index (χ0) is 11.5. The van der Waals surface area contributed by atoms with E-state index in [1.807, 2.05) is 13.0 Å². The average Bonchev–Trinajstić information content (AvgIpc) is 2.77. The summed E-state index contributed by atoms with van der Waals surface area (Å²) in [6.45, 7) is 1.87. The molecule has 0 unspecified atom stereocenters. The van der Waals surface area contributed by atoms with Crippen LogP contribution in [0.1, 0.15) is 12.6 Å². The molecule has 0 bridgehead atoms. The van der Waals surface area contributed by atoms with E-state index in [-0.39, 0.29) is 0 Å². The monoisotopic (exact) mass is 215 g/mol. The van der Waals surface area contributed by atoms with Crippen LogP contribution < -0.4 is 5.73 Å². The van der Waals surface area contributed by atoms with Crippen LogP contribution in [0, 0.1) is 0 Å². The van der Waals surface area contributed by atoms with Crippen molar-refractivity contribution in [3.63, 3.8) is 0 Å². The van der Waals surface area contributed by atoms with Crippen molar-refractivity contribution in [1.82, 2.24) is 15.2 Å². The third-order valence-electron chi connectivity index (χ3n) is 2.37. The minimum absolute atomic E-state index is 0.619. The zero-order valence-corrected chi connectivity index (χ0v) is 9.23. The average molecular weight is 215 g/mol. The van der Waals surface area contributed by atoms with E-state index in [9.17, 15) is 0 Å². The fraction of sp³-hybridized carbons (Fsp3) is 0.182. The predicted octanol–water partition coefficient (Wildman–Crippen LogP) is 1.24. The molecule has 0 aliphatic carbocycles. The second-order valence-electron chi connectivity index (χ2n) is 3.34. The second-order valence-corrected chi connectivity index (χ2v) is 3.34. The van der Waals surface area contributed by atoms with E-state index < -0.39 is 0 Å². The highest BCUT2D eigenvalue weighted by atomic mass is 15.1. The number of aromatic amines is 1. The lowest BCUT2D eigenvalue weighted by Crippen LogP contribution is -2.14. The summed E-state index contributed by atoms with van der Waals surface area (Å²) in [5.74, 6) is 0. The van der Waals surface area contributed by atoms with Crippen molar-refractivity contribution >= 4 is 16.6 Å². The number of hydrogen-bond acceptors (Lipinski definition) is 4. The number of rotatable bonds is 2. The van der Waals surface area contributed by atoms with E-state index in [4.69, 9.17) is 5.73 Å². The van der Waals surface area contributed by atoms with Gasteiger partial charge >= 0.3 is 0 Å². The molecule has 5 nitrogen and oxygen atoms in total. The highest BCUT2D eigenvalue weighted by Crippen LogP contribution is 2.12. The molecule has 0 saturated heterocycles. The van der Waals surface area contributed by atoms with Gasteiger partial charge in [0.1, 0.15) is 5.71 Å². The number of fused-ring (bicyclic) bond motifs is 1. The first-order valence-corrected chi connectivity index (χ1v) is 4.94. The van der Waals surface area contributed by atoms with Gasteiger partial charge in [0.25, 0.3) is 0 Å². The van der Waals surface area contributed by atoms with Crippen LogP contribution in [0.3, 0.4) is 0 Å². The number of aliphatic imine (C=N–C) groups is 1. The molecule has 0 amide bonds. The van der Waals surface area contributed by atoms with Gasteiger partial charge in [-0.1, -0.05) is 6.08 Å². The minimum Gasteiger partial charge on any atom is -0.397 e. The van der Waals surface area contributed by atoms with Gasteiger partial charge in [-0.15, -0.1) is 0 Å². The summed E-state index contributed by atoms with van der Waals surface area (Å²) in [6, 6.07) is 1.89. The summed E-state index contributed by atoms with van der Waals surface area (Å²) in [5, 5.41) is 7.80. The topological polar surface area (TPSA) is 80.0 Å². The second kappa shape index (κ2) is 4.14. The van der Waals surface area contributed by atoms with Crippen LogP contribution in [0.2, 0.25) is 0 Å². The largest absolute Gasteiger partial charge is 0.397 e. The Morgan fingerprint density at radius 2 is 2.31 bits per heavy atom. The molecule has 0 aromatic carbocycles. The van der Waals surface area contributed by atoms with Crippen LogP contribution in [0.5, 0.6) is 0 Å². The maximum atomic E-state index is 5.84. The highest BCUT2D eigenvalue weighted by molar-refractivity contribution is 6.11. The van der Waals surface area contributed by atoms with Crippen molar-refractivity contribution in [1.29, 1.82) is 0 Å². The maximum Gasteiger partial charge on any atom is 0.105 e. The van der Waals surface area contributed by atoms with Gasteiger partial charge in [0.15, 0.2) is 0 Å². The van der Waals surface area contributed by atoms with Gasteiger partial charge in [-0.3, -0.25) is 15.1 Å². The van der Waals surface area contributed by atoms with Crippen molar-refractivity contribution in [3.8, 4) is 0 Å². The lowest BCUT2D eigenvalue weighted by molar-refractivity contribution is 1.12. The summed E-state index contributed by atoms with van der Waals surface area (Å²) in [5.41, 5.74) is 8.83. The van der Waals surface area contributed by atoms with Crippen LogP contribution >= 0.6 is 0 Å². The van der Waals surface area contributed by atoms with Crippen LogP contribution in [-0.2, 0) is 0 Å². The fourth-order valence-electron chi connectivity index (χ4n) is 1.49. The lowest BCUT2D eigenvalue weighted by Gasteiger charge is -2.04. The van der Waals surface area contributed by atoms with Crippen molar-refractivity contribution in [2.45, 2.75) is 6.92 Å². The molecule has 0 aliphatic heterocycles. The Kier molecular flexibility index (Phi) is 2.68. The standard InChI is InChI=1S/C11H13N5/c1-3-8(12)11(13-2)10-4-9-7(5-14-10)6-15-16-9/h3-6H,12H2,1-2H3,(H,15,16)/b8-3+,13-11?. The van der Waals surface area contributed by atoms with E-state index in [0.29, 0.717) is 11.4 Å². The number of hydrogen-bond donors (Lipinski definition) is 2. The molecule has 2 aromatic heterocycles. The molecular weight excluding hydrogens is 202 g/mol. The first-order chi connectivity index (χ1) is 7.76. The number of pyridine rings is 1. The summed E-state index contributed by atoms with van der Waals surface area (Å²) >= 11 is 0. The molecule has 3 N–H and O–H groups in total. The molecule has 2 aromatic rings. The lowest BCUT2D eigenvalue weighted by atomic mass is 10.1. The first kappa shape index (κ1) is 10.4. The highest BCUT2D eigenvalue weighted by Gasteiger charge is 2.08. The summed E-state index contributed by atoms with van der Waals surface area (Å²) in [7, 11) is 1.70. The van der Waals surface area contributed by atoms with Crippen molar-refractivity contribution < 1.29 is 0 Å². The Labute approximate surface area is 93.1 Å². The molecule has 16 heavy (non-hydrogen) atoms. The molecule has 2 rings (SSSR count). The molecule has 2 heterocycles. The Morgan fingerprint density at radius 1 is 1.50 bits per heavy atom. The Morgan fingerprint density at radius 3 is 3.00 bits per heavy atom. The van der Waals surface area contributed by atoms with E-state index in [1.165, 1.54) is 0 Å². The quantitative estimate of drug-likeness (QED) is 0.739. The maximum absolute atomic E-state index is 5.84. The van der Waals surface area contributed by atoms with E-state index in [2.05, 4.69) is 20.2 Å². The summed E-state index contributed by atoms with van der Waals surface area (Å²) in [6.07, 6.45) is 5.29. The Hall–Kier alpha value is -2.17. The number of nitrogens with one attached hydrogen (secondary N) is 1. The van der Waals surface area contributed by atoms with Gasteiger partial charge in [-0.05, 0) is 13.0 Å². The Bertz CT molecular complexity index is 565. The smallest absolute Gasteiger partial charge is 0.105 e. The fourth-order valence-corrected chi connectivity index (χ4v) is 1.49. The SMILES string of the molecule is C/C=C(/N)C(=NC)c1cc2[nH]ncc2cn1. The number of nitrogens with two attached hydrogens (primary N) is 1. The minimum atomic E-state index is 0.619. The van der Waals surface area contributed by atoms with Crippen molar-refractivity contribution in [3.05, 3.63) is 35.9 Å². The van der Waals surface area contributed by atoms with Crippen LogP contribution in [-0.4, -0.2) is 27.9 Å². The van der Waals surface area contributed by atoms with E-state index >= 15 is 0 Å². The molecule has 82 valence electrons. The van der Waals surface area contributed by atoms with Gasteiger partial charge in [-0.2, -0.15) is 5.10 Å². The normalized spacial score (nSPS) is 13.4. The molecule has 0 atom stereocenters. The van der Waals surface area contributed by atoms with Crippen LogP contribution in [0.4, 0.5) is 0 Å². The molecule has 0 fully saturated rings. The number of aromatic nitrogens is 3. The number of nitrogens with zero attached hydrogens (tertiary/aromatic N) is 3. The summed E-state index contributed by atoms with van der Waals surface area (Å²) in [4.78, 5) is 8.45. The van der Waals surface area contributed by atoms with Gasteiger partial charge in [-0.25, -0.2) is 0 Å².